The highest BCUT2D eigenvalue weighted by Crippen LogP contribution is 2.61. The van der Waals surface area contributed by atoms with E-state index in [1.807, 2.05) is 0 Å². The SMILES string of the molecule is CCCCCCCCCCCCCC[P+](CCCCCC)(CCCCCC)CCCCCC.O=C(O)c1ccco1. The summed E-state index contributed by atoms with van der Waals surface area (Å²) in [5.74, 6) is -1.06. The number of carboxylic acids is 1. The third kappa shape index (κ3) is 25.4. The van der Waals surface area contributed by atoms with Crippen LogP contribution >= 0.6 is 7.26 Å². The molecule has 0 aliphatic heterocycles. The fourth-order valence-corrected chi connectivity index (χ4v) is 10.9. The normalized spacial score (nSPS) is 11.4. The molecule has 0 unspecified atom stereocenters. The Morgan fingerprint density at radius 3 is 1.07 bits per heavy atom. The Morgan fingerprint density at radius 2 is 0.829 bits per heavy atom. The Kier molecular flexibility index (Phi) is 30.0. The lowest BCUT2D eigenvalue weighted by Gasteiger charge is -2.28. The van der Waals surface area contributed by atoms with Gasteiger partial charge in [-0.05, 0) is 63.5 Å². The summed E-state index contributed by atoms with van der Waals surface area (Å²) in [6.45, 7) is 9.41. The van der Waals surface area contributed by atoms with Gasteiger partial charge in [-0.25, -0.2) is 4.79 Å². The van der Waals surface area contributed by atoms with E-state index in [1.165, 1.54) is 147 Å². The molecule has 0 amide bonds. The summed E-state index contributed by atoms with van der Waals surface area (Å²) >= 11 is 0. The van der Waals surface area contributed by atoms with Gasteiger partial charge in [0.1, 0.15) is 0 Å². The number of hydrogen-bond donors (Lipinski definition) is 1. The summed E-state index contributed by atoms with van der Waals surface area (Å²) in [5.41, 5.74) is 0. The summed E-state index contributed by atoms with van der Waals surface area (Å²) in [5, 5.41) is 8.18. The topological polar surface area (TPSA) is 50.4 Å². The number of aromatic carboxylic acids is 1. The Balaban J connectivity index is 0.00000170. The van der Waals surface area contributed by atoms with Crippen LogP contribution in [0, 0.1) is 0 Å². The lowest BCUT2D eigenvalue weighted by molar-refractivity contribution is 0.0662. The number of rotatable bonds is 29. The first-order valence-corrected chi connectivity index (χ1v) is 20.7. The molecule has 1 heterocycles. The summed E-state index contributed by atoms with van der Waals surface area (Å²) in [6.07, 6.45) is 43.4. The van der Waals surface area contributed by atoms with Crippen LogP contribution in [0.15, 0.2) is 22.8 Å². The van der Waals surface area contributed by atoms with E-state index in [0.717, 1.165) is 0 Å². The zero-order valence-corrected chi connectivity index (χ0v) is 29.1. The van der Waals surface area contributed by atoms with Crippen molar-refractivity contribution in [3.63, 3.8) is 0 Å². The smallest absolute Gasteiger partial charge is 0.371 e. The summed E-state index contributed by atoms with van der Waals surface area (Å²) < 4.78 is 4.50. The number of furan rings is 1. The van der Waals surface area contributed by atoms with Crippen LogP contribution in [0.25, 0.3) is 0 Å². The highest BCUT2D eigenvalue weighted by Gasteiger charge is 2.34. The second kappa shape index (κ2) is 30.6. The Bertz CT molecular complexity index is 611. The molecule has 41 heavy (non-hydrogen) atoms. The highest BCUT2D eigenvalue weighted by molar-refractivity contribution is 7.75. The second-order valence-corrected chi connectivity index (χ2v) is 17.1. The van der Waals surface area contributed by atoms with Crippen molar-refractivity contribution < 1.29 is 14.3 Å². The molecule has 0 fully saturated rings. The molecule has 0 spiro atoms. The number of carboxylic acid groups (broad SMARTS) is 1. The molecule has 3 nitrogen and oxygen atoms in total. The minimum absolute atomic E-state index is 0.0231. The predicted octanol–water partition coefficient (Wildman–Crippen LogP) is 13.4. The van der Waals surface area contributed by atoms with Crippen molar-refractivity contribution in [2.45, 2.75) is 182 Å². The zero-order valence-electron chi connectivity index (χ0n) is 28.2. The molecule has 1 N–H and O–H groups in total. The van der Waals surface area contributed by atoms with Crippen LogP contribution in [0.3, 0.4) is 0 Å². The Morgan fingerprint density at radius 1 is 0.537 bits per heavy atom. The Labute approximate surface area is 257 Å². The van der Waals surface area contributed by atoms with Crippen molar-refractivity contribution >= 4 is 13.2 Å². The summed E-state index contributed by atoms with van der Waals surface area (Å²) in [7, 11) is -0.697. The lowest BCUT2D eigenvalue weighted by Crippen LogP contribution is -2.13. The van der Waals surface area contributed by atoms with Gasteiger partial charge in [-0.3, -0.25) is 0 Å². The molecule has 1 rings (SSSR count). The van der Waals surface area contributed by atoms with Crippen LogP contribution in [-0.2, 0) is 0 Å². The van der Waals surface area contributed by atoms with E-state index in [4.69, 9.17) is 5.11 Å². The molecule has 1 aromatic rings. The molecule has 0 saturated carbocycles. The fourth-order valence-electron chi connectivity index (χ4n) is 5.98. The molecule has 0 aromatic carbocycles. The largest absolute Gasteiger partial charge is 0.475 e. The minimum Gasteiger partial charge on any atom is -0.475 e. The maximum absolute atomic E-state index is 9.97. The minimum atomic E-state index is -1.03. The molecule has 0 aliphatic carbocycles. The van der Waals surface area contributed by atoms with Gasteiger partial charge in [-0.1, -0.05) is 130 Å². The molecule has 0 saturated heterocycles. The molecular weight excluding hydrogens is 523 g/mol. The van der Waals surface area contributed by atoms with Crippen LogP contribution < -0.4 is 0 Å². The molecule has 4 heteroatoms. The van der Waals surface area contributed by atoms with Gasteiger partial charge in [0, 0.05) is 7.26 Å². The van der Waals surface area contributed by atoms with Gasteiger partial charge < -0.3 is 9.52 Å². The van der Waals surface area contributed by atoms with Crippen molar-refractivity contribution in [3.05, 3.63) is 24.2 Å². The Hall–Kier alpha value is -0.820. The first kappa shape index (κ1) is 40.2. The monoisotopic (exact) mass is 596 g/mol. The second-order valence-electron chi connectivity index (χ2n) is 12.6. The van der Waals surface area contributed by atoms with E-state index in [0.29, 0.717) is 0 Å². The summed E-state index contributed by atoms with van der Waals surface area (Å²) in [6, 6.07) is 2.92. The third-order valence-electron chi connectivity index (χ3n) is 8.68. The molecule has 0 radical (unpaired) electrons. The van der Waals surface area contributed by atoms with E-state index in [1.54, 1.807) is 50.3 Å². The zero-order chi connectivity index (χ0) is 30.3. The first-order chi connectivity index (χ1) is 20.0. The van der Waals surface area contributed by atoms with Gasteiger partial charge in [0.25, 0.3) is 0 Å². The van der Waals surface area contributed by atoms with Crippen molar-refractivity contribution in [3.8, 4) is 0 Å². The third-order valence-corrected chi connectivity index (χ3v) is 13.7. The van der Waals surface area contributed by atoms with Gasteiger partial charge in [0.2, 0.25) is 5.76 Å². The number of unbranched alkanes of at least 4 members (excludes halogenated alkanes) is 20. The average Bonchev–Trinajstić information content (AvgIpc) is 3.53. The average molecular weight is 596 g/mol. The van der Waals surface area contributed by atoms with E-state index >= 15 is 0 Å². The van der Waals surface area contributed by atoms with Crippen molar-refractivity contribution in [1.82, 2.24) is 0 Å². The maximum Gasteiger partial charge on any atom is 0.371 e. The van der Waals surface area contributed by atoms with Crippen LogP contribution in [0.1, 0.15) is 192 Å². The van der Waals surface area contributed by atoms with E-state index in [2.05, 4.69) is 32.1 Å². The standard InChI is InChI=1S/C32H68P.C5H4O3/c1-5-9-13-17-18-19-20-21-22-23-24-28-32-33(29-25-14-10-6-2,30-26-15-11-7-3)31-27-16-12-8-4;6-5(7)4-2-1-3-8-4/h5-32H2,1-4H3;1-3H,(H,6,7)/q+1;. The summed E-state index contributed by atoms with van der Waals surface area (Å²) in [4.78, 5) is 9.97. The molecule has 0 bridgehead atoms. The molecule has 1 aromatic heterocycles. The van der Waals surface area contributed by atoms with E-state index < -0.39 is 13.2 Å². The van der Waals surface area contributed by atoms with Gasteiger partial charge in [0.05, 0.1) is 30.9 Å². The molecule has 242 valence electrons. The number of carbonyl (C=O) groups is 1. The van der Waals surface area contributed by atoms with Gasteiger partial charge >= 0.3 is 5.97 Å². The quantitative estimate of drug-likeness (QED) is 0.0740. The number of hydrogen-bond acceptors (Lipinski definition) is 2. The van der Waals surface area contributed by atoms with Crippen molar-refractivity contribution in [2.24, 2.45) is 0 Å². The fraction of sp³-hybridized carbons (Fsp3) is 0.865. The van der Waals surface area contributed by atoms with Crippen LogP contribution in [0.2, 0.25) is 0 Å². The van der Waals surface area contributed by atoms with Gasteiger partial charge in [0.15, 0.2) is 0 Å². The maximum atomic E-state index is 9.97. The van der Waals surface area contributed by atoms with E-state index in [-0.39, 0.29) is 5.76 Å². The predicted molar refractivity (Wildman–Crippen MR) is 186 cm³/mol. The van der Waals surface area contributed by atoms with Crippen LogP contribution in [0.5, 0.6) is 0 Å². The highest BCUT2D eigenvalue weighted by atomic mass is 31.2. The van der Waals surface area contributed by atoms with Crippen molar-refractivity contribution in [2.75, 3.05) is 24.6 Å². The van der Waals surface area contributed by atoms with Crippen LogP contribution in [-0.4, -0.2) is 35.7 Å². The van der Waals surface area contributed by atoms with Crippen molar-refractivity contribution in [1.29, 1.82) is 0 Å². The van der Waals surface area contributed by atoms with E-state index in [9.17, 15) is 4.79 Å². The molecule has 0 atom stereocenters. The van der Waals surface area contributed by atoms with Crippen LogP contribution in [0.4, 0.5) is 0 Å². The molecular formula is C37H72O3P+. The first-order valence-electron chi connectivity index (χ1n) is 18.2. The molecule has 0 aliphatic rings. The van der Waals surface area contributed by atoms with Gasteiger partial charge in [-0.15, -0.1) is 0 Å². The van der Waals surface area contributed by atoms with Gasteiger partial charge in [-0.2, -0.15) is 0 Å². The lowest BCUT2D eigenvalue weighted by atomic mass is 10.1.